The van der Waals surface area contributed by atoms with E-state index < -0.39 is 24.1 Å². The van der Waals surface area contributed by atoms with Crippen molar-refractivity contribution in [2.24, 2.45) is 5.90 Å². The van der Waals surface area contributed by atoms with Gasteiger partial charge in [-0.05, 0) is 72.8 Å². The maximum absolute atomic E-state index is 13.5. The molecule has 0 unspecified atom stereocenters. The average molecular weight is 2010 g/mol. The summed E-state index contributed by atoms with van der Waals surface area (Å²) >= 11 is 20.8. The van der Waals surface area contributed by atoms with Crippen LogP contribution in [0.5, 0.6) is 40.2 Å². The Kier molecular flexibility index (Phi) is 65.7. The molecule has 29 nitrogen and oxygen atoms in total. The van der Waals surface area contributed by atoms with Crippen molar-refractivity contribution < 1.29 is 298 Å². The van der Waals surface area contributed by atoms with Crippen LogP contribution in [-0.2, 0) is 132 Å². The number of methoxy groups -OCH3 is 5. The molecule has 3 radical (unpaired) electrons. The molecule has 12 aromatic rings. The fraction of sp³-hybridized carbons (Fsp3) is 0.158. The number of aliphatic hydroxyl groups is 1. The Labute approximate surface area is 857 Å². The number of benzene rings is 9. The summed E-state index contributed by atoms with van der Waals surface area (Å²) in [5.41, 5.74) is 5.71. The summed E-state index contributed by atoms with van der Waals surface area (Å²) in [5, 5.41) is 51.2. The first kappa shape index (κ1) is 113. The molecule has 0 amide bonds. The summed E-state index contributed by atoms with van der Waals surface area (Å²) in [4.78, 5) is 63.2. The molecule has 0 aliphatic heterocycles. The van der Waals surface area contributed by atoms with Crippen molar-refractivity contribution in [2.45, 2.75) is 0 Å². The van der Waals surface area contributed by atoms with Crippen LogP contribution in [0, 0.1) is 35.7 Å². The molecule has 0 saturated carbocycles. The molecule has 117 heavy (non-hydrogen) atoms. The Morgan fingerprint density at radius 2 is 0.812 bits per heavy atom. The predicted molar refractivity (Wildman–Crippen MR) is 420 cm³/mol. The molecule has 10 N–H and O–H groups in total. The second-order valence-corrected chi connectivity index (χ2v) is 22.5. The molecule has 0 spiro atoms. The zero-order chi connectivity index (χ0) is 81.8. The first-order valence-electron chi connectivity index (χ1n) is 31.8. The number of phenolic OH excluding ortho intramolecular Hbond substituents is 1. The fourth-order valence-corrected chi connectivity index (χ4v) is 9.39. The molecule has 3 aromatic heterocycles. The number of phenols is 1. The van der Waals surface area contributed by atoms with Gasteiger partial charge in [0.1, 0.15) is 67.1 Å². The zero-order valence-corrected chi connectivity index (χ0v) is 82.2. The summed E-state index contributed by atoms with van der Waals surface area (Å²) < 4.78 is 80.8. The van der Waals surface area contributed by atoms with E-state index in [0.29, 0.717) is 118 Å². The van der Waals surface area contributed by atoms with Gasteiger partial charge in [0.2, 0.25) is 0 Å². The Morgan fingerprint density at radius 3 is 1.10 bits per heavy atom. The number of fused-ring (bicyclic) bond motifs is 3. The standard InChI is InChI=1S/2C23H19ClFN4O2.C15H11ClFN3O2.C8H8BrO.3C2H3O2.CH2O3.2K.H3NO.3Y.H/c2*1-30-21-13-20-17(12-22(21)31-10-9-26-15-5-3-2-4-6-15)23(28-14-27-20)29-16-7-8-19(25)18(24)11-16;1-22-14-6-12-9(5-13(14)21)15(19-7-18-12)20-8-2-3-11(17)10(16)4-8;9-6-7-10-8-4-2-1-3-5-8;2*1-4-2-3;3-1-2-4;2-1-4-3;;;1-2;;;;/h2*3-8,11-14,26H,9-10H2,1H3,(H,27,28,29);2-7,21H,1H3,(H,18,19,20);2-5H,6-7H2;2*1H3;3H,1H2;1,3H;;;2H,1H2;;;;/q2*-1;;4*-1;;2*+1;;;;;-1/p-1. The number of rotatable bonds is 26. The zero-order valence-electron chi connectivity index (χ0n) is 64.5. The first-order valence-corrected chi connectivity index (χ1v) is 34.1. The van der Waals surface area contributed by atoms with Crippen LogP contribution in [0.4, 0.5) is 59.1 Å². The van der Waals surface area contributed by atoms with Crippen molar-refractivity contribution in [3.8, 4) is 40.2 Å². The third kappa shape index (κ3) is 42.1. The first-order chi connectivity index (χ1) is 54.4. The van der Waals surface area contributed by atoms with Crippen LogP contribution in [0.15, 0.2) is 183 Å². The fourth-order valence-electron chi connectivity index (χ4n) is 8.69. The van der Waals surface area contributed by atoms with Gasteiger partial charge in [-0.15, -0.1) is 36.4 Å². The molecule has 603 valence electrons. The Bertz CT molecular complexity index is 4620. The quantitative estimate of drug-likeness (QED) is 0.00483. The van der Waals surface area contributed by atoms with Gasteiger partial charge in [-0.25, -0.2) is 55.3 Å². The van der Waals surface area contributed by atoms with E-state index in [0.717, 1.165) is 33.2 Å². The molecular weight excluding hydrogens is 1940 g/mol. The number of nitrogens with zero attached hydrogens (tertiary/aromatic N) is 6. The normalized spacial score (nSPS) is 9.26. The van der Waals surface area contributed by atoms with Crippen molar-refractivity contribution in [1.82, 2.24) is 29.9 Å². The molecule has 0 bridgehead atoms. The monoisotopic (exact) mass is 2010 g/mol. The van der Waals surface area contributed by atoms with Crippen molar-refractivity contribution in [1.29, 1.82) is 0 Å². The number of hydrogen-bond acceptors (Lipinski definition) is 29. The van der Waals surface area contributed by atoms with Gasteiger partial charge < -0.3 is 106 Å². The number of carbonyl (C=O) groups is 1. The third-order valence-electron chi connectivity index (χ3n) is 13.4. The summed E-state index contributed by atoms with van der Waals surface area (Å²) in [6.07, 6.45) is 5.50. The molecule has 0 aliphatic rings. The Hall–Kier alpha value is -5.76. The SMILES string of the molecule is BrCCOc1cc[c-]cc1.CO[C-]=O.CO[C-]=O.COc1cc2ncnc(Nc3ccc(F)c(Cl)c3)c2cc1O.COc1cc2ncnc(Nc3ccc(F)c(Cl)c3)c2cc1OCCNc1cc[c-]cc1.COc1cc2ncnc(Nc3ccc(F)c(Cl)c3)c2cc1OCCNc1cc[c-]cc1.NO.O=CO[O-].O=[C-]CO.[H-].[K+].[K+].[Y].[Y].[Y]. The van der Waals surface area contributed by atoms with E-state index >= 15 is 0 Å². The predicted octanol–water partition coefficient (Wildman–Crippen LogP) is 7.44. The van der Waals surface area contributed by atoms with E-state index in [1.807, 2.05) is 84.9 Å². The molecule has 0 atom stereocenters. The minimum atomic E-state index is -0.498. The third-order valence-corrected chi connectivity index (χ3v) is 14.6. The number of aromatic nitrogens is 6. The van der Waals surface area contributed by atoms with Gasteiger partial charge in [0, 0.05) is 188 Å². The Balaban J connectivity index is -0.00000142. The van der Waals surface area contributed by atoms with E-state index in [9.17, 15) is 18.3 Å². The topological polar surface area (TPSA) is 399 Å². The number of nitrogens with two attached hydrogens (primary N) is 1. The summed E-state index contributed by atoms with van der Waals surface area (Å²) in [7, 11) is 7.13. The molecule has 9 aromatic carbocycles. The maximum Gasteiger partial charge on any atom is 1.00 e. The van der Waals surface area contributed by atoms with Crippen LogP contribution in [0.3, 0.4) is 0 Å². The van der Waals surface area contributed by atoms with Gasteiger partial charge in [0.25, 0.3) is 6.47 Å². The number of aliphatic hydroxyl groups excluding tert-OH is 1. The van der Waals surface area contributed by atoms with Crippen LogP contribution < -0.4 is 169 Å². The minimum Gasteiger partial charge on any atom is -1.00 e. The van der Waals surface area contributed by atoms with Crippen molar-refractivity contribution in [3.05, 3.63) is 233 Å². The average Bonchev–Trinajstić information content (AvgIpc) is 0.804. The van der Waals surface area contributed by atoms with Gasteiger partial charge >= 0.3 is 103 Å². The number of ether oxygens (including phenoxy) is 8. The number of carbonyl (C=O) groups excluding carboxylic acids is 4. The van der Waals surface area contributed by atoms with Gasteiger partial charge in [-0.1, -0.05) is 81.7 Å². The summed E-state index contributed by atoms with van der Waals surface area (Å²) in [5.74, 6) is 7.04. The van der Waals surface area contributed by atoms with Gasteiger partial charge in [-0.2, -0.15) is 54.6 Å². The molecular formula is C76H71BrCl3F3K2N12O17Y3-6. The largest absolute Gasteiger partial charge is 1.00 e. The number of anilines is 8. The maximum atomic E-state index is 13.5. The van der Waals surface area contributed by atoms with Crippen molar-refractivity contribution in [3.63, 3.8) is 0 Å². The van der Waals surface area contributed by atoms with Crippen molar-refractivity contribution in [2.75, 3.05) is 107 Å². The molecule has 0 fully saturated rings. The summed E-state index contributed by atoms with van der Waals surface area (Å²) in [6, 6.07) is 54.8. The number of halogens is 7. The van der Waals surface area contributed by atoms with Crippen LogP contribution in [0.1, 0.15) is 1.43 Å². The van der Waals surface area contributed by atoms with E-state index in [-0.39, 0.29) is 230 Å². The second kappa shape index (κ2) is 67.9. The van der Waals surface area contributed by atoms with E-state index in [4.69, 9.17) is 98.0 Å². The molecule has 3 heterocycles. The van der Waals surface area contributed by atoms with Crippen LogP contribution in [0.25, 0.3) is 32.7 Å². The van der Waals surface area contributed by atoms with E-state index in [1.54, 1.807) is 50.6 Å². The van der Waals surface area contributed by atoms with Gasteiger partial charge in [0.05, 0.1) is 59.6 Å². The summed E-state index contributed by atoms with van der Waals surface area (Å²) in [6.45, 7) is 4.46. The van der Waals surface area contributed by atoms with Gasteiger partial charge in [0.15, 0.2) is 34.5 Å². The minimum absolute atomic E-state index is 0. The van der Waals surface area contributed by atoms with Crippen molar-refractivity contribution >= 4 is 155 Å². The van der Waals surface area contributed by atoms with Crippen LogP contribution in [-0.4, -0.2) is 151 Å². The van der Waals surface area contributed by atoms with E-state index in [1.165, 1.54) is 102 Å². The van der Waals surface area contributed by atoms with E-state index in [2.05, 4.69) is 111 Å². The smallest absolute Gasteiger partial charge is 1.00 e. The molecule has 12 rings (SSSR count). The molecule has 0 saturated heterocycles. The number of hydrogen-bond donors (Lipinski definition) is 9. The Morgan fingerprint density at radius 1 is 0.496 bits per heavy atom. The van der Waals surface area contributed by atoms with Crippen LogP contribution in [0.2, 0.25) is 15.1 Å². The number of alkyl halides is 1. The molecule has 0 aliphatic carbocycles. The second-order valence-electron chi connectivity index (χ2n) is 20.5. The molecule has 41 heteroatoms. The van der Waals surface area contributed by atoms with Crippen LogP contribution >= 0.6 is 50.7 Å². The van der Waals surface area contributed by atoms with Gasteiger partial charge in [-0.3, -0.25) is 4.79 Å². The number of aromatic hydroxyl groups is 1. The number of nitrogens with one attached hydrogen (secondary N) is 5.